The molecule has 0 spiro atoms. The quantitative estimate of drug-likeness (QED) is 0.753. The van der Waals surface area contributed by atoms with E-state index in [9.17, 15) is 0 Å². The highest BCUT2D eigenvalue weighted by molar-refractivity contribution is 7.07. The van der Waals surface area contributed by atoms with E-state index in [-0.39, 0.29) is 0 Å². The van der Waals surface area contributed by atoms with Crippen LogP contribution in [0.3, 0.4) is 0 Å². The lowest BCUT2D eigenvalue weighted by Gasteiger charge is -2.03. The van der Waals surface area contributed by atoms with E-state index in [2.05, 4.69) is 31.9 Å². The molecule has 0 aliphatic heterocycles. The molecule has 1 fully saturated rings. The van der Waals surface area contributed by atoms with Crippen LogP contribution in [0, 0.1) is 5.92 Å². The largest absolute Gasteiger partial charge is 0.370 e. The van der Waals surface area contributed by atoms with Crippen molar-refractivity contribution in [2.45, 2.75) is 19.3 Å². The molecule has 6 heteroatoms. The van der Waals surface area contributed by atoms with Crippen LogP contribution in [0.15, 0.2) is 39.7 Å². The first-order valence-electron chi connectivity index (χ1n) is 7.41. The first kappa shape index (κ1) is 13.5. The van der Waals surface area contributed by atoms with Crippen molar-refractivity contribution in [2.24, 2.45) is 5.92 Å². The van der Waals surface area contributed by atoms with Gasteiger partial charge in [0, 0.05) is 19.2 Å². The second-order valence-electron chi connectivity index (χ2n) is 5.58. The maximum absolute atomic E-state index is 5.33. The summed E-state index contributed by atoms with van der Waals surface area (Å²) in [6, 6.07) is 5.99. The number of aromatic nitrogens is 3. The zero-order valence-electron chi connectivity index (χ0n) is 12.0. The average Bonchev–Trinajstić information content (AvgIpc) is 3.03. The van der Waals surface area contributed by atoms with Gasteiger partial charge in [-0.2, -0.15) is 16.3 Å². The Hall–Kier alpha value is -2.21. The molecular formula is C16H16N4OS. The predicted molar refractivity (Wildman–Crippen MR) is 85.9 cm³/mol. The third kappa shape index (κ3) is 3.17. The van der Waals surface area contributed by atoms with Crippen LogP contribution in [0.2, 0.25) is 0 Å². The van der Waals surface area contributed by atoms with E-state index in [4.69, 9.17) is 4.52 Å². The van der Waals surface area contributed by atoms with E-state index in [1.165, 1.54) is 18.4 Å². The highest BCUT2D eigenvalue weighted by atomic mass is 32.1. The molecular weight excluding hydrogens is 296 g/mol. The fourth-order valence-corrected chi connectivity index (χ4v) is 2.88. The van der Waals surface area contributed by atoms with Crippen LogP contribution in [0.4, 0.5) is 5.82 Å². The fraction of sp³-hybridized carbons (Fsp3) is 0.312. The Morgan fingerprint density at radius 3 is 2.95 bits per heavy atom. The third-order valence-corrected chi connectivity index (χ3v) is 4.42. The average molecular weight is 312 g/mol. The molecule has 3 heterocycles. The molecule has 3 aromatic heterocycles. The monoisotopic (exact) mass is 312 g/mol. The molecule has 1 aliphatic carbocycles. The number of hydrogen-bond donors (Lipinski definition) is 1. The molecule has 22 heavy (non-hydrogen) atoms. The number of hydrogen-bond acceptors (Lipinski definition) is 6. The first-order chi connectivity index (χ1) is 10.9. The molecule has 4 rings (SSSR count). The first-order valence-corrected chi connectivity index (χ1v) is 8.35. The van der Waals surface area contributed by atoms with Crippen LogP contribution < -0.4 is 5.32 Å². The SMILES string of the molecule is c1cc(Cc2noc(-c3ccc(NCC4CC4)nc3)n2)cs1. The Kier molecular flexibility index (Phi) is 3.60. The third-order valence-electron chi connectivity index (χ3n) is 3.69. The predicted octanol–water partition coefficient (Wildman–Crippen LogP) is 3.61. The highest BCUT2D eigenvalue weighted by Gasteiger charge is 2.20. The summed E-state index contributed by atoms with van der Waals surface area (Å²) in [6.07, 6.45) is 5.14. The smallest absolute Gasteiger partial charge is 0.259 e. The van der Waals surface area contributed by atoms with Crippen molar-refractivity contribution >= 4 is 17.2 Å². The van der Waals surface area contributed by atoms with Gasteiger partial charge in [-0.05, 0) is 53.3 Å². The Balaban J connectivity index is 1.43. The van der Waals surface area contributed by atoms with Crippen LogP contribution >= 0.6 is 11.3 Å². The normalized spacial score (nSPS) is 14.2. The van der Waals surface area contributed by atoms with Crippen molar-refractivity contribution in [3.8, 4) is 11.5 Å². The van der Waals surface area contributed by atoms with E-state index in [1.807, 2.05) is 17.5 Å². The number of anilines is 1. The number of nitrogens with zero attached hydrogens (tertiary/aromatic N) is 3. The van der Waals surface area contributed by atoms with Crippen molar-refractivity contribution in [2.75, 3.05) is 11.9 Å². The minimum Gasteiger partial charge on any atom is -0.370 e. The molecule has 5 nitrogen and oxygen atoms in total. The number of thiophene rings is 1. The Morgan fingerprint density at radius 1 is 1.27 bits per heavy atom. The van der Waals surface area contributed by atoms with Gasteiger partial charge in [0.1, 0.15) is 5.82 Å². The van der Waals surface area contributed by atoms with Crippen LogP contribution in [-0.2, 0) is 6.42 Å². The van der Waals surface area contributed by atoms with Gasteiger partial charge >= 0.3 is 0 Å². The van der Waals surface area contributed by atoms with Crippen molar-refractivity contribution in [1.82, 2.24) is 15.1 Å². The van der Waals surface area contributed by atoms with E-state index >= 15 is 0 Å². The Morgan fingerprint density at radius 2 is 2.23 bits per heavy atom. The van der Waals surface area contributed by atoms with Crippen molar-refractivity contribution in [3.63, 3.8) is 0 Å². The lowest BCUT2D eigenvalue weighted by Crippen LogP contribution is -2.04. The molecule has 0 saturated heterocycles. The van der Waals surface area contributed by atoms with Gasteiger partial charge in [-0.3, -0.25) is 0 Å². The summed E-state index contributed by atoms with van der Waals surface area (Å²) in [5.74, 6) is 2.95. The maximum Gasteiger partial charge on any atom is 0.259 e. The van der Waals surface area contributed by atoms with Crippen molar-refractivity contribution in [3.05, 3.63) is 46.5 Å². The van der Waals surface area contributed by atoms with E-state index in [0.29, 0.717) is 18.1 Å². The zero-order valence-corrected chi connectivity index (χ0v) is 12.8. The van der Waals surface area contributed by atoms with E-state index in [1.54, 1.807) is 17.5 Å². The summed E-state index contributed by atoms with van der Waals surface area (Å²) in [5, 5.41) is 11.5. The molecule has 3 aromatic rings. The lowest BCUT2D eigenvalue weighted by molar-refractivity contribution is 0.424. The molecule has 1 saturated carbocycles. The minimum atomic E-state index is 0.520. The summed E-state index contributed by atoms with van der Waals surface area (Å²) >= 11 is 1.67. The van der Waals surface area contributed by atoms with Crippen molar-refractivity contribution < 1.29 is 4.52 Å². The minimum absolute atomic E-state index is 0.520. The van der Waals surface area contributed by atoms with Crippen LogP contribution in [0.25, 0.3) is 11.5 Å². The maximum atomic E-state index is 5.33. The summed E-state index contributed by atoms with van der Waals surface area (Å²) in [4.78, 5) is 8.84. The molecule has 112 valence electrons. The second kappa shape index (κ2) is 5.88. The van der Waals surface area contributed by atoms with Crippen LogP contribution in [0.5, 0.6) is 0 Å². The standard InChI is InChI=1S/C16H16N4OS/c1-2-11(1)8-17-14-4-3-13(9-18-14)16-19-15(20-21-16)7-12-5-6-22-10-12/h3-6,9-11H,1-2,7-8H2,(H,17,18). The molecule has 0 atom stereocenters. The number of pyridine rings is 1. The summed E-state index contributed by atoms with van der Waals surface area (Å²) in [7, 11) is 0. The van der Waals surface area contributed by atoms with Gasteiger partial charge in [0.15, 0.2) is 5.82 Å². The van der Waals surface area contributed by atoms with E-state index < -0.39 is 0 Å². The van der Waals surface area contributed by atoms with Crippen LogP contribution in [-0.4, -0.2) is 21.7 Å². The number of nitrogens with one attached hydrogen (secondary N) is 1. The van der Waals surface area contributed by atoms with Gasteiger partial charge in [0.25, 0.3) is 5.89 Å². The summed E-state index contributed by atoms with van der Waals surface area (Å²) < 4.78 is 5.33. The molecule has 0 aromatic carbocycles. The summed E-state index contributed by atoms with van der Waals surface area (Å²) in [5.41, 5.74) is 2.05. The molecule has 1 aliphatic rings. The topological polar surface area (TPSA) is 63.8 Å². The zero-order chi connectivity index (χ0) is 14.8. The van der Waals surface area contributed by atoms with Gasteiger partial charge in [-0.1, -0.05) is 5.16 Å². The Labute approximate surface area is 132 Å². The lowest BCUT2D eigenvalue weighted by atomic mass is 10.2. The van der Waals surface area contributed by atoms with E-state index in [0.717, 1.165) is 23.8 Å². The molecule has 1 N–H and O–H groups in total. The van der Waals surface area contributed by atoms with Gasteiger partial charge in [-0.25, -0.2) is 4.98 Å². The van der Waals surface area contributed by atoms with Gasteiger partial charge in [0.05, 0.1) is 5.56 Å². The number of rotatable bonds is 6. The summed E-state index contributed by atoms with van der Waals surface area (Å²) in [6.45, 7) is 1.01. The van der Waals surface area contributed by atoms with Crippen molar-refractivity contribution in [1.29, 1.82) is 0 Å². The fourth-order valence-electron chi connectivity index (χ4n) is 2.21. The Bertz CT molecular complexity index is 732. The van der Waals surface area contributed by atoms with Gasteiger partial charge in [0.2, 0.25) is 0 Å². The van der Waals surface area contributed by atoms with Gasteiger partial charge < -0.3 is 9.84 Å². The van der Waals surface area contributed by atoms with Crippen LogP contribution in [0.1, 0.15) is 24.2 Å². The molecule has 0 amide bonds. The van der Waals surface area contributed by atoms with Gasteiger partial charge in [-0.15, -0.1) is 0 Å². The molecule has 0 radical (unpaired) electrons. The molecule has 0 bridgehead atoms. The highest BCUT2D eigenvalue weighted by Crippen LogP contribution is 2.28. The molecule has 0 unspecified atom stereocenters. The second-order valence-corrected chi connectivity index (χ2v) is 6.36.